The average Bonchev–Trinajstić information content (AvgIpc) is 2.56. The minimum Gasteiger partial charge on any atom is -0.411 e. The second-order valence-corrected chi connectivity index (χ2v) is 4.07. The van der Waals surface area contributed by atoms with Crippen LogP contribution in [0.3, 0.4) is 0 Å². The lowest BCUT2D eigenvalue weighted by Gasteiger charge is -1.99. The number of oxime groups is 1. The molecule has 0 saturated carbocycles. The van der Waals surface area contributed by atoms with E-state index in [0.717, 1.165) is 10.2 Å². The molecule has 1 heterocycles. The van der Waals surface area contributed by atoms with Crippen molar-refractivity contribution >= 4 is 27.8 Å². The van der Waals surface area contributed by atoms with Crippen LogP contribution in [0.4, 0.5) is 0 Å². The number of hydrogen-bond acceptors (Lipinski definition) is 4. The molecule has 0 fully saturated rings. The van der Waals surface area contributed by atoms with Crippen molar-refractivity contribution in [2.45, 2.75) is 13.0 Å². The molecule has 15 heavy (non-hydrogen) atoms. The highest BCUT2D eigenvalue weighted by Gasteiger charge is 2.04. The Kier molecular flexibility index (Phi) is 2.82. The van der Waals surface area contributed by atoms with E-state index in [1.54, 1.807) is 4.57 Å². The van der Waals surface area contributed by atoms with Gasteiger partial charge >= 0.3 is 4.87 Å². The Morgan fingerprint density at radius 1 is 1.47 bits per heavy atom. The van der Waals surface area contributed by atoms with Gasteiger partial charge in [-0.25, -0.2) is 0 Å². The van der Waals surface area contributed by atoms with E-state index < -0.39 is 0 Å². The summed E-state index contributed by atoms with van der Waals surface area (Å²) in [5, 5.41) is 11.2. The predicted octanol–water partition coefficient (Wildman–Crippen LogP) is 1.91. The summed E-state index contributed by atoms with van der Waals surface area (Å²) in [4.78, 5) is 11.6. The number of benzene rings is 1. The van der Waals surface area contributed by atoms with Gasteiger partial charge in [-0.2, -0.15) is 0 Å². The van der Waals surface area contributed by atoms with E-state index in [2.05, 4.69) is 5.16 Å². The maximum Gasteiger partial charge on any atom is 0.308 e. The zero-order valence-electron chi connectivity index (χ0n) is 7.96. The van der Waals surface area contributed by atoms with Crippen molar-refractivity contribution in [3.05, 3.63) is 33.9 Å². The second-order valence-electron chi connectivity index (χ2n) is 3.07. The molecule has 0 radical (unpaired) electrons. The lowest BCUT2D eigenvalue weighted by Crippen LogP contribution is -2.12. The van der Waals surface area contributed by atoms with Crippen LogP contribution in [0.1, 0.15) is 6.42 Å². The lowest BCUT2D eigenvalue weighted by atomic mass is 10.3. The van der Waals surface area contributed by atoms with Crippen LogP contribution in [0.25, 0.3) is 10.2 Å². The number of para-hydroxylation sites is 1. The number of aromatic nitrogens is 1. The maximum absolute atomic E-state index is 11.6. The van der Waals surface area contributed by atoms with E-state index in [4.69, 9.17) is 5.21 Å². The Balaban J connectivity index is 2.41. The minimum atomic E-state index is 0.0301. The third-order valence-electron chi connectivity index (χ3n) is 2.14. The molecular weight excluding hydrogens is 212 g/mol. The minimum absolute atomic E-state index is 0.0301. The largest absolute Gasteiger partial charge is 0.411 e. The fraction of sp³-hybridized carbons (Fsp3) is 0.200. The van der Waals surface area contributed by atoms with Gasteiger partial charge in [0.25, 0.3) is 0 Å². The molecule has 4 nitrogen and oxygen atoms in total. The molecule has 0 aliphatic heterocycles. The summed E-state index contributed by atoms with van der Waals surface area (Å²) in [5.74, 6) is 0. The average molecular weight is 222 g/mol. The number of rotatable bonds is 3. The summed E-state index contributed by atoms with van der Waals surface area (Å²) in [6.07, 6.45) is 1.94. The molecule has 0 saturated heterocycles. The smallest absolute Gasteiger partial charge is 0.308 e. The van der Waals surface area contributed by atoms with Crippen LogP contribution >= 0.6 is 11.3 Å². The lowest BCUT2D eigenvalue weighted by molar-refractivity contribution is 0.320. The van der Waals surface area contributed by atoms with Crippen LogP contribution in [-0.4, -0.2) is 16.0 Å². The number of aryl methyl sites for hydroxylation is 1. The summed E-state index contributed by atoms with van der Waals surface area (Å²) in [6, 6.07) is 7.67. The van der Waals surface area contributed by atoms with Gasteiger partial charge in [-0.1, -0.05) is 23.5 Å². The highest BCUT2D eigenvalue weighted by molar-refractivity contribution is 7.16. The van der Waals surface area contributed by atoms with E-state index >= 15 is 0 Å². The summed E-state index contributed by atoms with van der Waals surface area (Å²) >= 11 is 1.24. The zero-order valence-corrected chi connectivity index (χ0v) is 8.78. The molecule has 2 aromatic rings. The van der Waals surface area contributed by atoms with Crippen LogP contribution < -0.4 is 4.87 Å². The molecule has 0 aliphatic rings. The van der Waals surface area contributed by atoms with Crippen LogP contribution in [0.15, 0.2) is 34.2 Å². The first-order valence-electron chi connectivity index (χ1n) is 4.57. The fourth-order valence-corrected chi connectivity index (χ4v) is 2.39. The summed E-state index contributed by atoms with van der Waals surface area (Å²) in [7, 11) is 0. The van der Waals surface area contributed by atoms with Crippen molar-refractivity contribution in [1.82, 2.24) is 4.57 Å². The van der Waals surface area contributed by atoms with Crippen LogP contribution in [0.2, 0.25) is 0 Å². The van der Waals surface area contributed by atoms with Crippen molar-refractivity contribution in [2.24, 2.45) is 5.16 Å². The van der Waals surface area contributed by atoms with Gasteiger partial charge in [0.05, 0.1) is 10.2 Å². The summed E-state index contributed by atoms with van der Waals surface area (Å²) in [5.41, 5.74) is 0.943. The number of thiazole rings is 1. The molecule has 78 valence electrons. The van der Waals surface area contributed by atoms with Gasteiger partial charge in [0.2, 0.25) is 0 Å². The van der Waals surface area contributed by atoms with Crippen LogP contribution in [0, 0.1) is 0 Å². The Bertz CT molecular complexity index is 542. The third kappa shape index (κ3) is 1.92. The van der Waals surface area contributed by atoms with Gasteiger partial charge in [-0.05, 0) is 12.1 Å². The first-order chi connectivity index (χ1) is 7.33. The Morgan fingerprint density at radius 2 is 2.27 bits per heavy atom. The van der Waals surface area contributed by atoms with Crippen molar-refractivity contribution in [3.63, 3.8) is 0 Å². The molecule has 0 aliphatic carbocycles. The highest BCUT2D eigenvalue weighted by Crippen LogP contribution is 2.16. The maximum atomic E-state index is 11.6. The molecule has 0 amide bonds. The van der Waals surface area contributed by atoms with Crippen LogP contribution in [-0.2, 0) is 6.54 Å². The van der Waals surface area contributed by atoms with Crippen molar-refractivity contribution in [2.75, 3.05) is 0 Å². The van der Waals surface area contributed by atoms with Crippen molar-refractivity contribution < 1.29 is 5.21 Å². The van der Waals surface area contributed by atoms with E-state index in [-0.39, 0.29) is 4.87 Å². The number of fused-ring (bicyclic) bond motifs is 1. The van der Waals surface area contributed by atoms with Gasteiger partial charge in [0.1, 0.15) is 0 Å². The third-order valence-corrected chi connectivity index (χ3v) is 3.10. The molecule has 0 bridgehead atoms. The van der Waals surface area contributed by atoms with Gasteiger partial charge in [-0.15, -0.1) is 5.16 Å². The molecule has 5 heteroatoms. The number of nitrogens with zero attached hydrogens (tertiary/aromatic N) is 2. The molecule has 0 spiro atoms. The second kappa shape index (κ2) is 4.27. The van der Waals surface area contributed by atoms with Crippen LogP contribution in [0.5, 0.6) is 0 Å². The molecule has 1 aromatic carbocycles. The van der Waals surface area contributed by atoms with Crippen molar-refractivity contribution in [3.8, 4) is 0 Å². The molecule has 1 aromatic heterocycles. The topological polar surface area (TPSA) is 54.6 Å². The molecule has 1 N–H and O–H groups in total. The molecule has 0 unspecified atom stereocenters. The van der Waals surface area contributed by atoms with E-state index in [0.29, 0.717) is 13.0 Å². The zero-order chi connectivity index (χ0) is 10.7. The summed E-state index contributed by atoms with van der Waals surface area (Å²) < 4.78 is 2.69. The molecule has 0 atom stereocenters. The monoisotopic (exact) mass is 222 g/mol. The number of hydrogen-bond donors (Lipinski definition) is 1. The first kappa shape index (κ1) is 9.92. The quantitative estimate of drug-likeness (QED) is 0.490. The van der Waals surface area contributed by atoms with Gasteiger partial charge < -0.3 is 5.21 Å². The molecular formula is C10H10N2O2S. The van der Waals surface area contributed by atoms with E-state index in [1.165, 1.54) is 17.6 Å². The van der Waals surface area contributed by atoms with Crippen molar-refractivity contribution in [1.29, 1.82) is 0 Å². The van der Waals surface area contributed by atoms with Gasteiger partial charge in [0, 0.05) is 19.2 Å². The Labute approximate surface area is 90.1 Å². The van der Waals surface area contributed by atoms with E-state index in [9.17, 15) is 4.79 Å². The van der Waals surface area contributed by atoms with E-state index in [1.807, 2.05) is 24.3 Å². The highest BCUT2D eigenvalue weighted by atomic mass is 32.1. The van der Waals surface area contributed by atoms with Gasteiger partial charge in [-0.3, -0.25) is 9.36 Å². The fourth-order valence-electron chi connectivity index (χ4n) is 1.47. The Morgan fingerprint density at radius 3 is 3.07 bits per heavy atom. The standard InChI is InChI=1S/C10H10N2O2S/c13-10-12(7-3-6-11-14)8-4-1-2-5-9(8)15-10/h1-2,4-6,14H,3,7H2. The van der Waals surface area contributed by atoms with Gasteiger partial charge in [0.15, 0.2) is 0 Å². The normalized spacial score (nSPS) is 11.5. The predicted molar refractivity (Wildman–Crippen MR) is 61.0 cm³/mol. The molecule has 2 rings (SSSR count). The Hall–Kier alpha value is -1.62. The SMILES string of the molecule is O=c1sc2ccccc2n1CCC=NO. The summed E-state index contributed by atoms with van der Waals surface area (Å²) in [6.45, 7) is 0.549. The first-order valence-corrected chi connectivity index (χ1v) is 5.39.